The zero-order valence-electron chi connectivity index (χ0n) is 9.98. The number of amides is 1. The van der Waals surface area contributed by atoms with Crippen molar-refractivity contribution in [3.05, 3.63) is 29.3 Å². The molecule has 92 valence electrons. The summed E-state index contributed by atoms with van der Waals surface area (Å²) in [7, 11) is 0. The Morgan fingerprint density at radius 2 is 2.18 bits per heavy atom. The molecule has 1 N–H and O–H groups in total. The molecule has 0 spiro atoms. The molecule has 1 amide bonds. The van der Waals surface area contributed by atoms with E-state index in [0.717, 1.165) is 31.0 Å². The van der Waals surface area contributed by atoms with Crippen LogP contribution in [0.1, 0.15) is 22.3 Å². The molecule has 0 atom stereocenters. The van der Waals surface area contributed by atoms with Crippen molar-refractivity contribution in [2.75, 3.05) is 24.6 Å². The van der Waals surface area contributed by atoms with Gasteiger partial charge in [0, 0.05) is 30.0 Å². The average Bonchev–Trinajstić information content (AvgIpc) is 2.60. The van der Waals surface area contributed by atoms with Gasteiger partial charge in [0.25, 0.3) is 5.91 Å². The Labute approximate surface area is 106 Å². The van der Waals surface area contributed by atoms with E-state index in [1.54, 1.807) is 25.1 Å². The van der Waals surface area contributed by atoms with E-state index in [4.69, 9.17) is 0 Å². The van der Waals surface area contributed by atoms with Crippen LogP contribution in [0.4, 0.5) is 0 Å². The van der Waals surface area contributed by atoms with E-state index >= 15 is 0 Å². The highest BCUT2D eigenvalue weighted by molar-refractivity contribution is 7.99. The van der Waals surface area contributed by atoms with Gasteiger partial charge in [-0.15, -0.1) is 0 Å². The van der Waals surface area contributed by atoms with Crippen molar-refractivity contribution in [2.24, 2.45) is 0 Å². The highest BCUT2D eigenvalue weighted by Crippen LogP contribution is 2.22. The lowest BCUT2D eigenvalue weighted by Gasteiger charge is -2.21. The molecule has 0 saturated carbocycles. The van der Waals surface area contributed by atoms with Gasteiger partial charge >= 0.3 is 0 Å². The maximum Gasteiger partial charge on any atom is 0.254 e. The molecule has 1 fully saturated rings. The van der Waals surface area contributed by atoms with Gasteiger partial charge in [-0.05, 0) is 31.2 Å². The van der Waals surface area contributed by atoms with E-state index in [2.05, 4.69) is 0 Å². The zero-order valence-corrected chi connectivity index (χ0v) is 10.8. The summed E-state index contributed by atoms with van der Waals surface area (Å²) in [5, 5.41) is 9.63. The van der Waals surface area contributed by atoms with Crippen molar-refractivity contribution in [1.29, 1.82) is 0 Å². The number of phenols is 1. The Morgan fingerprint density at radius 1 is 1.35 bits per heavy atom. The minimum absolute atomic E-state index is 0.0425. The lowest BCUT2D eigenvalue weighted by Crippen LogP contribution is -2.33. The summed E-state index contributed by atoms with van der Waals surface area (Å²) in [6.07, 6.45) is 1.05. The largest absolute Gasteiger partial charge is 0.508 e. The fourth-order valence-corrected chi connectivity index (χ4v) is 2.86. The first-order valence-corrected chi connectivity index (χ1v) is 7.01. The molecule has 0 aliphatic carbocycles. The topological polar surface area (TPSA) is 40.5 Å². The van der Waals surface area contributed by atoms with Gasteiger partial charge in [-0.25, -0.2) is 0 Å². The molecule has 1 aliphatic rings. The summed E-state index contributed by atoms with van der Waals surface area (Å²) in [4.78, 5) is 14.2. The van der Waals surface area contributed by atoms with Gasteiger partial charge in [0.2, 0.25) is 0 Å². The summed E-state index contributed by atoms with van der Waals surface area (Å²) in [5.41, 5.74) is 1.30. The number of benzene rings is 1. The number of hydrogen-bond donors (Lipinski definition) is 1. The van der Waals surface area contributed by atoms with E-state index in [1.807, 2.05) is 16.7 Å². The van der Waals surface area contributed by atoms with E-state index in [9.17, 15) is 9.90 Å². The van der Waals surface area contributed by atoms with Crippen molar-refractivity contribution in [2.45, 2.75) is 13.3 Å². The van der Waals surface area contributed by atoms with Crippen LogP contribution in [0.25, 0.3) is 0 Å². The molecular formula is C13H17NO2S. The van der Waals surface area contributed by atoms with Crippen LogP contribution in [0, 0.1) is 6.92 Å². The predicted molar refractivity (Wildman–Crippen MR) is 70.7 cm³/mol. The third-order valence-electron chi connectivity index (χ3n) is 3.05. The van der Waals surface area contributed by atoms with Gasteiger partial charge in [0.1, 0.15) is 5.75 Å². The van der Waals surface area contributed by atoms with Crippen LogP contribution in [0.15, 0.2) is 18.2 Å². The highest BCUT2D eigenvalue weighted by Gasteiger charge is 2.19. The van der Waals surface area contributed by atoms with E-state index < -0.39 is 0 Å². The van der Waals surface area contributed by atoms with E-state index in [1.165, 1.54) is 0 Å². The van der Waals surface area contributed by atoms with Crippen molar-refractivity contribution >= 4 is 17.7 Å². The van der Waals surface area contributed by atoms with Crippen LogP contribution in [-0.4, -0.2) is 40.5 Å². The maximum absolute atomic E-state index is 12.3. The van der Waals surface area contributed by atoms with Gasteiger partial charge < -0.3 is 10.0 Å². The van der Waals surface area contributed by atoms with Gasteiger partial charge in [0.15, 0.2) is 0 Å². The lowest BCUT2D eigenvalue weighted by molar-refractivity contribution is 0.0767. The van der Waals surface area contributed by atoms with Crippen LogP contribution in [-0.2, 0) is 0 Å². The smallest absolute Gasteiger partial charge is 0.254 e. The number of hydrogen-bond acceptors (Lipinski definition) is 3. The van der Waals surface area contributed by atoms with Crippen LogP contribution in [0.2, 0.25) is 0 Å². The van der Waals surface area contributed by atoms with Crippen molar-refractivity contribution in [3.63, 3.8) is 0 Å². The SMILES string of the molecule is Cc1c(O)cccc1C(=O)N1CCCSCC1. The van der Waals surface area contributed by atoms with Gasteiger partial charge in [-0.2, -0.15) is 11.8 Å². The first kappa shape index (κ1) is 12.3. The molecule has 0 radical (unpaired) electrons. The summed E-state index contributed by atoms with van der Waals surface area (Å²) >= 11 is 1.90. The van der Waals surface area contributed by atoms with Gasteiger partial charge in [0.05, 0.1) is 0 Å². The number of thioether (sulfide) groups is 1. The minimum atomic E-state index is 0.0425. The zero-order chi connectivity index (χ0) is 12.3. The number of carbonyl (C=O) groups excluding carboxylic acids is 1. The Bertz CT molecular complexity index is 412. The molecule has 1 aromatic rings. The molecule has 1 aromatic carbocycles. The van der Waals surface area contributed by atoms with Crippen molar-refractivity contribution in [3.8, 4) is 5.75 Å². The number of phenolic OH excluding ortho intramolecular Hbond substituents is 1. The molecule has 1 saturated heterocycles. The highest BCUT2D eigenvalue weighted by atomic mass is 32.2. The number of carbonyl (C=O) groups is 1. The van der Waals surface area contributed by atoms with Crippen LogP contribution in [0.3, 0.4) is 0 Å². The van der Waals surface area contributed by atoms with Crippen LogP contribution in [0.5, 0.6) is 5.75 Å². The minimum Gasteiger partial charge on any atom is -0.508 e. The first-order chi connectivity index (χ1) is 8.20. The molecule has 1 aliphatic heterocycles. The first-order valence-electron chi connectivity index (χ1n) is 5.86. The summed E-state index contributed by atoms with van der Waals surface area (Å²) in [5.74, 6) is 2.37. The second-order valence-corrected chi connectivity index (χ2v) is 5.43. The second-order valence-electron chi connectivity index (χ2n) is 4.21. The summed E-state index contributed by atoms with van der Waals surface area (Å²) in [6.45, 7) is 3.41. The molecule has 1 heterocycles. The summed E-state index contributed by atoms with van der Waals surface area (Å²) in [6, 6.07) is 5.13. The number of aromatic hydroxyl groups is 1. The molecular weight excluding hydrogens is 234 g/mol. The Hall–Kier alpha value is -1.16. The molecule has 0 bridgehead atoms. The standard InChI is InChI=1S/C13H17NO2S/c1-10-11(4-2-5-12(10)15)13(16)14-6-3-8-17-9-7-14/h2,4-5,15H,3,6-9H2,1H3. The van der Waals surface area contributed by atoms with Gasteiger partial charge in [-0.3, -0.25) is 4.79 Å². The fourth-order valence-electron chi connectivity index (χ4n) is 1.97. The average molecular weight is 251 g/mol. The quantitative estimate of drug-likeness (QED) is 0.832. The monoisotopic (exact) mass is 251 g/mol. The van der Waals surface area contributed by atoms with E-state index in [0.29, 0.717) is 11.1 Å². The number of nitrogens with zero attached hydrogens (tertiary/aromatic N) is 1. The molecule has 0 unspecified atom stereocenters. The summed E-state index contributed by atoms with van der Waals surface area (Å²) < 4.78 is 0. The predicted octanol–water partition coefficient (Wildman–Crippen LogP) is 2.28. The Morgan fingerprint density at radius 3 is 3.00 bits per heavy atom. The molecule has 2 rings (SSSR count). The third-order valence-corrected chi connectivity index (χ3v) is 4.09. The molecule has 17 heavy (non-hydrogen) atoms. The van der Waals surface area contributed by atoms with Crippen LogP contribution < -0.4 is 0 Å². The fraction of sp³-hybridized carbons (Fsp3) is 0.462. The van der Waals surface area contributed by atoms with Gasteiger partial charge in [-0.1, -0.05) is 6.07 Å². The number of rotatable bonds is 1. The second kappa shape index (κ2) is 5.45. The Balaban J connectivity index is 2.20. The molecule has 4 heteroatoms. The normalized spacial score (nSPS) is 16.6. The van der Waals surface area contributed by atoms with Crippen LogP contribution >= 0.6 is 11.8 Å². The van der Waals surface area contributed by atoms with Crippen molar-refractivity contribution < 1.29 is 9.90 Å². The van der Waals surface area contributed by atoms with E-state index in [-0.39, 0.29) is 11.7 Å². The Kier molecular flexibility index (Phi) is 3.94. The van der Waals surface area contributed by atoms with Crippen molar-refractivity contribution in [1.82, 2.24) is 4.90 Å². The molecule has 0 aromatic heterocycles. The third kappa shape index (κ3) is 2.75. The lowest BCUT2D eigenvalue weighted by atomic mass is 10.1. The maximum atomic E-state index is 12.3. The molecule has 3 nitrogen and oxygen atoms in total.